The lowest BCUT2D eigenvalue weighted by molar-refractivity contribution is 0.192. The maximum absolute atomic E-state index is 12.5. The number of thiazole rings is 1. The smallest absolute Gasteiger partial charge is 0.317 e. The molecule has 1 N–H and O–H groups in total. The van der Waals surface area contributed by atoms with Crippen molar-refractivity contribution in [3.8, 4) is 0 Å². The monoisotopic (exact) mass is 346 g/mol. The van der Waals surface area contributed by atoms with Gasteiger partial charge in [-0.15, -0.1) is 11.3 Å². The van der Waals surface area contributed by atoms with Crippen LogP contribution in [0.4, 0.5) is 4.79 Å². The number of carbonyl (C=O) groups excluding carboxylic acids is 1. The van der Waals surface area contributed by atoms with Crippen LogP contribution in [0.15, 0.2) is 24.3 Å². The average molecular weight is 347 g/mol. The fourth-order valence-electron chi connectivity index (χ4n) is 3.13. The summed E-state index contributed by atoms with van der Waals surface area (Å²) in [5.74, 6) is 0.569. The van der Waals surface area contributed by atoms with Crippen molar-refractivity contribution >= 4 is 27.6 Å². The number of rotatable bonds is 5. The Morgan fingerprint density at radius 3 is 3.00 bits per heavy atom. The lowest BCUT2D eigenvalue weighted by Gasteiger charge is -2.24. The minimum Gasteiger partial charge on any atom is -0.338 e. The topological polar surface area (TPSA) is 48.5 Å². The maximum atomic E-state index is 12.5. The van der Waals surface area contributed by atoms with E-state index in [-0.39, 0.29) is 12.1 Å². The summed E-state index contributed by atoms with van der Waals surface area (Å²) in [6.45, 7) is 8.31. The van der Waals surface area contributed by atoms with Crippen molar-refractivity contribution in [2.24, 2.45) is 5.92 Å². The largest absolute Gasteiger partial charge is 0.338 e. The SMILES string of the molecule is CCN1CC[C@H](CNC(=O)N(C)[C@@H](C)c2nc3ccccc3s2)C1. The lowest BCUT2D eigenvalue weighted by Crippen LogP contribution is -2.41. The molecule has 130 valence electrons. The predicted octanol–water partition coefficient (Wildman–Crippen LogP) is 3.34. The Hall–Kier alpha value is -1.66. The number of benzene rings is 1. The number of fused-ring (bicyclic) bond motifs is 1. The van der Waals surface area contributed by atoms with Crippen LogP contribution >= 0.6 is 11.3 Å². The van der Waals surface area contributed by atoms with Crippen molar-refractivity contribution in [1.29, 1.82) is 0 Å². The van der Waals surface area contributed by atoms with Crippen molar-refractivity contribution in [3.63, 3.8) is 0 Å². The van der Waals surface area contributed by atoms with Gasteiger partial charge in [-0.25, -0.2) is 9.78 Å². The van der Waals surface area contributed by atoms with E-state index in [0.717, 1.165) is 36.7 Å². The summed E-state index contributed by atoms with van der Waals surface area (Å²) in [6.07, 6.45) is 1.17. The zero-order valence-electron chi connectivity index (χ0n) is 14.7. The molecule has 2 atom stereocenters. The molecule has 0 aliphatic carbocycles. The molecular weight excluding hydrogens is 320 g/mol. The van der Waals surface area contributed by atoms with Crippen LogP contribution in [0, 0.1) is 5.92 Å². The van der Waals surface area contributed by atoms with E-state index >= 15 is 0 Å². The first-order chi connectivity index (χ1) is 11.6. The third-order valence-electron chi connectivity index (χ3n) is 4.93. The molecule has 0 radical (unpaired) electrons. The van der Waals surface area contributed by atoms with E-state index in [4.69, 9.17) is 0 Å². The molecule has 2 amide bonds. The van der Waals surface area contributed by atoms with Crippen LogP contribution in [0.25, 0.3) is 10.2 Å². The number of nitrogens with zero attached hydrogens (tertiary/aromatic N) is 3. The van der Waals surface area contributed by atoms with Crippen LogP contribution in [0.2, 0.25) is 0 Å². The van der Waals surface area contributed by atoms with Gasteiger partial charge in [-0.3, -0.25) is 0 Å². The molecule has 5 nitrogen and oxygen atoms in total. The molecule has 6 heteroatoms. The Kier molecular flexibility index (Phi) is 5.36. The van der Waals surface area contributed by atoms with Crippen LogP contribution < -0.4 is 5.32 Å². The van der Waals surface area contributed by atoms with E-state index < -0.39 is 0 Å². The van der Waals surface area contributed by atoms with Gasteiger partial charge in [-0.2, -0.15) is 0 Å². The van der Waals surface area contributed by atoms with Crippen molar-refractivity contribution in [1.82, 2.24) is 20.1 Å². The van der Waals surface area contributed by atoms with Crippen molar-refractivity contribution in [2.75, 3.05) is 33.2 Å². The molecule has 2 aromatic rings. The zero-order valence-corrected chi connectivity index (χ0v) is 15.5. The molecule has 1 fully saturated rings. The van der Waals surface area contributed by atoms with Gasteiger partial charge in [0, 0.05) is 20.1 Å². The number of amides is 2. The molecule has 2 heterocycles. The van der Waals surface area contributed by atoms with E-state index in [2.05, 4.69) is 28.2 Å². The highest BCUT2D eigenvalue weighted by atomic mass is 32.1. The first-order valence-corrected chi connectivity index (χ1v) is 9.48. The molecule has 1 aromatic heterocycles. The fraction of sp³-hybridized carbons (Fsp3) is 0.556. The summed E-state index contributed by atoms with van der Waals surface area (Å²) in [5, 5.41) is 4.07. The summed E-state index contributed by atoms with van der Waals surface area (Å²) in [7, 11) is 1.85. The van der Waals surface area contributed by atoms with E-state index in [1.165, 1.54) is 11.1 Å². The first-order valence-electron chi connectivity index (χ1n) is 8.67. The van der Waals surface area contributed by atoms with Crippen molar-refractivity contribution in [3.05, 3.63) is 29.3 Å². The Balaban J connectivity index is 1.56. The van der Waals surface area contributed by atoms with Gasteiger partial charge in [0.2, 0.25) is 0 Å². The molecule has 1 aliphatic heterocycles. The molecule has 3 rings (SSSR count). The molecule has 0 bridgehead atoms. The Bertz CT molecular complexity index is 668. The van der Waals surface area contributed by atoms with E-state index in [0.29, 0.717) is 5.92 Å². The van der Waals surface area contributed by atoms with Crippen LogP contribution in [-0.2, 0) is 0 Å². The second kappa shape index (κ2) is 7.49. The normalized spacial score (nSPS) is 19.5. The average Bonchev–Trinajstić information content (AvgIpc) is 3.24. The summed E-state index contributed by atoms with van der Waals surface area (Å²) in [4.78, 5) is 21.3. The van der Waals surface area contributed by atoms with Gasteiger partial charge in [-0.1, -0.05) is 19.1 Å². The summed E-state index contributed by atoms with van der Waals surface area (Å²) < 4.78 is 1.17. The quantitative estimate of drug-likeness (QED) is 0.903. The number of nitrogens with one attached hydrogen (secondary N) is 1. The minimum atomic E-state index is -0.0295. The van der Waals surface area contributed by atoms with E-state index in [1.54, 1.807) is 16.2 Å². The van der Waals surface area contributed by atoms with Gasteiger partial charge in [-0.05, 0) is 44.5 Å². The molecular formula is C18H26N4OS. The Morgan fingerprint density at radius 2 is 2.29 bits per heavy atom. The van der Waals surface area contributed by atoms with Gasteiger partial charge in [0.05, 0.1) is 16.3 Å². The second-order valence-corrected chi connectivity index (χ2v) is 7.60. The molecule has 0 spiro atoms. The number of para-hydroxylation sites is 1. The first kappa shape index (κ1) is 17.2. The van der Waals surface area contributed by atoms with Crippen LogP contribution in [0.5, 0.6) is 0 Å². The number of aromatic nitrogens is 1. The molecule has 1 saturated heterocycles. The predicted molar refractivity (Wildman–Crippen MR) is 99.4 cm³/mol. The molecule has 0 saturated carbocycles. The number of likely N-dealkylation sites (tertiary alicyclic amines) is 1. The number of hydrogen-bond donors (Lipinski definition) is 1. The number of hydrogen-bond acceptors (Lipinski definition) is 4. The maximum Gasteiger partial charge on any atom is 0.317 e. The van der Waals surface area contributed by atoms with Crippen LogP contribution in [0.1, 0.15) is 31.3 Å². The number of carbonyl (C=O) groups is 1. The van der Waals surface area contributed by atoms with Crippen molar-refractivity contribution < 1.29 is 4.79 Å². The van der Waals surface area contributed by atoms with Gasteiger partial charge in [0.1, 0.15) is 5.01 Å². The zero-order chi connectivity index (χ0) is 17.1. The Morgan fingerprint density at radius 1 is 1.50 bits per heavy atom. The highest BCUT2D eigenvalue weighted by Crippen LogP contribution is 2.28. The van der Waals surface area contributed by atoms with Crippen molar-refractivity contribution in [2.45, 2.75) is 26.3 Å². The Labute approximate surface area is 147 Å². The summed E-state index contributed by atoms with van der Waals surface area (Å²) in [6, 6.07) is 8.06. The highest BCUT2D eigenvalue weighted by Gasteiger charge is 2.24. The lowest BCUT2D eigenvalue weighted by atomic mass is 10.1. The molecule has 1 aliphatic rings. The van der Waals surface area contributed by atoms with Crippen LogP contribution in [-0.4, -0.2) is 54.0 Å². The second-order valence-electron chi connectivity index (χ2n) is 6.54. The third kappa shape index (κ3) is 3.70. The standard InChI is InChI=1S/C18H26N4OS/c1-4-22-10-9-14(12-22)11-19-18(23)21(3)13(2)17-20-15-7-5-6-8-16(15)24-17/h5-8,13-14H,4,9-12H2,1-3H3,(H,19,23)/t13-,14+/m0/s1. The van der Waals surface area contributed by atoms with E-state index in [1.807, 2.05) is 32.2 Å². The molecule has 1 aromatic carbocycles. The van der Waals surface area contributed by atoms with Gasteiger partial charge < -0.3 is 15.1 Å². The van der Waals surface area contributed by atoms with Gasteiger partial charge >= 0.3 is 6.03 Å². The van der Waals surface area contributed by atoms with Gasteiger partial charge in [0.15, 0.2) is 0 Å². The highest BCUT2D eigenvalue weighted by molar-refractivity contribution is 7.18. The summed E-state index contributed by atoms with van der Waals surface area (Å²) in [5.41, 5.74) is 1.00. The molecule has 24 heavy (non-hydrogen) atoms. The fourth-order valence-corrected chi connectivity index (χ4v) is 4.20. The van der Waals surface area contributed by atoms with Gasteiger partial charge in [0.25, 0.3) is 0 Å². The molecule has 0 unspecified atom stereocenters. The van der Waals surface area contributed by atoms with E-state index in [9.17, 15) is 4.79 Å². The summed E-state index contributed by atoms with van der Waals surface area (Å²) >= 11 is 1.66. The minimum absolute atomic E-state index is 0.0169. The van der Waals surface area contributed by atoms with Crippen LogP contribution in [0.3, 0.4) is 0 Å². The third-order valence-corrected chi connectivity index (χ3v) is 6.13. The number of urea groups is 1.